The van der Waals surface area contributed by atoms with Gasteiger partial charge in [-0.3, -0.25) is 14.4 Å². The topological polar surface area (TPSA) is 86.7 Å². The van der Waals surface area contributed by atoms with Crippen LogP contribution in [-0.4, -0.2) is 35.5 Å². The van der Waals surface area contributed by atoms with Crippen LogP contribution in [0.15, 0.2) is 18.2 Å². The quantitative estimate of drug-likeness (QED) is 0.825. The van der Waals surface area contributed by atoms with E-state index in [4.69, 9.17) is 5.11 Å². The van der Waals surface area contributed by atoms with Gasteiger partial charge in [0.05, 0.1) is 11.6 Å². The van der Waals surface area contributed by atoms with Crippen molar-refractivity contribution in [3.8, 4) is 0 Å². The van der Waals surface area contributed by atoms with Crippen molar-refractivity contribution in [3.05, 3.63) is 29.8 Å². The molecule has 0 bridgehead atoms. The smallest absolute Gasteiger partial charge is 0.303 e. The zero-order chi connectivity index (χ0) is 17.9. The van der Waals surface area contributed by atoms with Gasteiger partial charge in [-0.2, -0.15) is 0 Å². The number of carbonyl (C=O) groups excluding carboxylic acids is 2. The van der Waals surface area contributed by atoms with Gasteiger partial charge in [0, 0.05) is 31.5 Å². The molecule has 0 radical (unpaired) electrons. The maximum atomic E-state index is 13.8. The molecule has 1 aliphatic heterocycles. The van der Waals surface area contributed by atoms with Crippen LogP contribution in [0.2, 0.25) is 0 Å². The largest absolute Gasteiger partial charge is 0.481 e. The zero-order valence-corrected chi connectivity index (χ0v) is 13.1. The molecular weight excluding hydrogens is 322 g/mol. The average molecular weight is 340 g/mol. The molecular formula is C16H18F2N2O4. The van der Waals surface area contributed by atoms with Crippen LogP contribution < -0.4 is 10.2 Å². The summed E-state index contributed by atoms with van der Waals surface area (Å²) in [6.07, 6.45) is 0.129. The van der Waals surface area contributed by atoms with Crippen LogP contribution in [0.1, 0.15) is 26.2 Å². The molecule has 2 N–H and O–H groups in total. The summed E-state index contributed by atoms with van der Waals surface area (Å²) in [6, 6.07) is 2.55. The summed E-state index contributed by atoms with van der Waals surface area (Å²) in [5, 5.41) is 11.3. The molecule has 1 aliphatic rings. The van der Waals surface area contributed by atoms with Gasteiger partial charge < -0.3 is 15.3 Å². The second kappa shape index (κ2) is 7.37. The second-order valence-corrected chi connectivity index (χ2v) is 5.84. The lowest BCUT2D eigenvalue weighted by Crippen LogP contribution is -2.38. The molecule has 8 heteroatoms. The van der Waals surface area contributed by atoms with Crippen molar-refractivity contribution in [3.63, 3.8) is 0 Å². The Morgan fingerprint density at radius 3 is 2.75 bits per heavy atom. The van der Waals surface area contributed by atoms with Gasteiger partial charge in [0.2, 0.25) is 11.8 Å². The highest BCUT2D eigenvalue weighted by atomic mass is 19.1. The fourth-order valence-corrected chi connectivity index (χ4v) is 2.59. The summed E-state index contributed by atoms with van der Waals surface area (Å²) in [4.78, 5) is 35.9. The number of rotatable bonds is 6. The van der Waals surface area contributed by atoms with E-state index >= 15 is 0 Å². The second-order valence-electron chi connectivity index (χ2n) is 5.84. The first-order chi connectivity index (χ1) is 11.3. The molecule has 0 spiro atoms. The monoisotopic (exact) mass is 340 g/mol. The van der Waals surface area contributed by atoms with Crippen molar-refractivity contribution >= 4 is 23.5 Å². The number of nitrogens with zero attached hydrogens (tertiary/aromatic N) is 1. The van der Waals surface area contributed by atoms with Crippen molar-refractivity contribution in [2.24, 2.45) is 5.92 Å². The molecule has 1 aromatic rings. The van der Waals surface area contributed by atoms with E-state index in [1.807, 2.05) is 0 Å². The van der Waals surface area contributed by atoms with E-state index in [9.17, 15) is 23.2 Å². The van der Waals surface area contributed by atoms with Crippen molar-refractivity contribution in [1.29, 1.82) is 0 Å². The van der Waals surface area contributed by atoms with Gasteiger partial charge in [0.1, 0.15) is 11.6 Å². The van der Waals surface area contributed by atoms with Crippen molar-refractivity contribution in [2.45, 2.75) is 32.2 Å². The highest BCUT2D eigenvalue weighted by Crippen LogP contribution is 2.28. The lowest BCUT2D eigenvalue weighted by molar-refractivity contribution is -0.137. The third kappa shape index (κ3) is 4.27. The minimum absolute atomic E-state index is 0.00112. The average Bonchev–Trinajstić information content (AvgIpc) is 2.87. The van der Waals surface area contributed by atoms with Crippen LogP contribution in [0.5, 0.6) is 0 Å². The Hall–Kier alpha value is -2.51. The number of carbonyl (C=O) groups is 3. The fraction of sp³-hybridized carbons (Fsp3) is 0.438. The van der Waals surface area contributed by atoms with Gasteiger partial charge in [-0.05, 0) is 25.5 Å². The number of benzene rings is 1. The Labute approximate surface area is 137 Å². The number of hydrogen-bond donors (Lipinski definition) is 2. The molecule has 0 aliphatic carbocycles. The Kier molecular flexibility index (Phi) is 5.48. The lowest BCUT2D eigenvalue weighted by Gasteiger charge is -2.18. The first-order valence-electron chi connectivity index (χ1n) is 7.55. The highest BCUT2D eigenvalue weighted by molar-refractivity contribution is 6.00. The predicted molar refractivity (Wildman–Crippen MR) is 81.3 cm³/mol. The summed E-state index contributed by atoms with van der Waals surface area (Å²) < 4.78 is 26.8. The lowest BCUT2D eigenvalue weighted by atomic mass is 10.1. The van der Waals surface area contributed by atoms with Crippen LogP contribution in [0.3, 0.4) is 0 Å². The van der Waals surface area contributed by atoms with Gasteiger partial charge in [0.15, 0.2) is 0 Å². The van der Waals surface area contributed by atoms with E-state index in [2.05, 4.69) is 5.32 Å². The number of carboxylic acid groups (broad SMARTS) is 1. The van der Waals surface area contributed by atoms with Crippen LogP contribution in [0.25, 0.3) is 0 Å². The van der Waals surface area contributed by atoms with E-state index in [-0.39, 0.29) is 43.4 Å². The zero-order valence-electron chi connectivity index (χ0n) is 13.1. The normalized spacial score (nSPS) is 18.5. The van der Waals surface area contributed by atoms with E-state index in [0.717, 1.165) is 11.0 Å². The minimum Gasteiger partial charge on any atom is -0.481 e. The molecule has 24 heavy (non-hydrogen) atoms. The minimum atomic E-state index is -0.954. The standard InChI is InChI=1S/C16H18F2N2O4/c1-9(2-5-15(22)23)19-16(24)10-6-14(21)20(8-10)13-4-3-11(17)7-12(13)18/h3-4,7,9-10H,2,5-6,8H2,1H3,(H,19,24)(H,22,23). The summed E-state index contributed by atoms with van der Waals surface area (Å²) in [5.41, 5.74) is -0.0596. The third-order valence-corrected chi connectivity index (χ3v) is 3.88. The molecule has 1 aromatic carbocycles. The maximum Gasteiger partial charge on any atom is 0.303 e. The number of aliphatic carboxylic acids is 1. The predicted octanol–water partition coefficient (Wildman–Crippen LogP) is 1.69. The van der Waals surface area contributed by atoms with Gasteiger partial charge >= 0.3 is 5.97 Å². The van der Waals surface area contributed by atoms with Crippen LogP contribution in [0.4, 0.5) is 14.5 Å². The SMILES string of the molecule is CC(CCC(=O)O)NC(=O)C1CC(=O)N(c2ccc(F)cc2F)C1. The molecule has 2 atom stereocenters. The molecule has 2 rings (SSSR count). The van der Waals surface area contributed by atoms with Gasteiger partial charge in [-0.1, -0.05) is 0 Å². The van der Waals surface area contributed by atoms with Crippen molar-refractivity contribution in [1.82, 2.24) is 5.32 Å². The molecule has 2 amide bonds. The molecule has 0 aromatic heterocycles. The number of halogens is 2. The van der Waals surface area contributed by atoms with Crippen LogP contribution in [-0.2, 0) is 14.4 Å². The van der Waals surface area contributed by atoms with E-state index in [1.54, 1.807) is 6.92 Å². The van der Waals surface area contributed by atoms with Gasteiger partial charge in [-0.15, -0.1) is 0 Å². The van der Waals surface area contributed by atoms with Gasteiger partial charge in [-0.25, -0.2) is 8.78 Å². The molecule has 130 valence electrons. The summed E-state index contributed by atoms with van der Waals surface area (Å²) >= 11 is 0. The third-order valence-electron chi connectivity index (χ3n) is 3.88. The summed E-state index contributed by atoms with van der Waals surface area (Å²) in [6.45, 7) is 1.67. The van der Waals surface area contributed by atoms with E-state index < -0.39 is 29.4 Å². The molecule has 0 saturated carbocycles. The van der Waals surface area contributed by atoms with Crippen molar-refractivity contribution < 1.29 is 28.3 Å². The van der Waals surface area contributed by atoms with Crippen molar-refractivity contribution in [2.75, 3.05) is 11.4 Å². The van der Waals surface area contributed by atoms with E-state index in [1.165, 1.54) is 6.07 Å². The number of nitrogens with one attached hydrogen (secondary N) is 1. The number of carboxylic acids is 1. The Balaban J connectivity index is 1.98. The van der Waals surface area contributed by atoms with E-state index in [0.29, 0.717) is 6.07 Å². The highest BCUT2D eigenvalue weighted by Gasteiger charge is 2.36. The van der Waals surface area contributed by atoms with Crippen LogP contribution >= 0.6 is 0 Å². The number of anilines is 1. The number of hydrogen-bond acceptors (Lipinski definition) is 3. The summed E-state index contributed by atoms with van der Waals surface area (Å²) in [5.74, 6) is -4.02. The molecule has 2 unspecified atom stereocenters. The molecule has 1 saturated heterocycles. The molecule has 6 nitrogen and oxygen atoms in total. The Bertz CT molecular complexity index is 665. The van der Waals surface area contributed by atoms with Gasteiger partial charge in [0.25, 0.3) is 0 Å². The Morgan fingerprint density at radius 2 is 2.12 bits per heavy atom. The molecule has 1 fully saturated rings. The first-order valence-corrected chi connectivity index (χ1v) is 7.55. The molecule has 1 heterocycles. The fourth-order valence-electron chi connectivity index (χ4n) is 2.59. The maximum absolute atomic E-state index is 13.8. The number of amides is 2. The van der Waals surface area contributed by atoms with Crippen LogP contribution in [0, 0.1) is 17.6 Å². The first kappa shape index (κ1) is 17.8. The summed E-state index contributed by atoms with van der Waals surface area (Å²) in [7, 11) is 0. The Morgan fingerprint density at radius 1 is 1.42 bits per heavy atom.